The van der Waals surface area contributed by atoms with Crippen LogP contribution in [0, 0.1) is 0 Å². The molecule has 1 aromatic heterocycles. The summed E-state index contributed by atoms with van der Waals surface area (Å²) in [6, 6.07) is 8.48. The van der Waals surface area contributed by atoms with Crippen LogP contribution >= 0.6 is 11.3 Å². The molecule has 1 aliphatic heterocycles. The number of rotatable bonds is 4. The molecule has 140 valence electrons. The van der Waals surface area contributed by atoms with E-state index < -0.39 is 0 Å². The minimum absolute atomic E-state index is 0.0930. The Labute approximate surface area is 160 Å². The van der Waals surface area contributed by atoms with Crippen molar-refractivity contribution in [2.45, 2.75) is 45.6 Å². The predicted molar refractivity (Wildman–Crippen MR) is 109 cm³/mol. The molecule has 0 spiro atoms. The summed E-state index contributed by atoms with van der Waals surface area (Å²) in [5, 5.41) is 0.543. The van der Waals surface area contributed by atoms with E-state index in [1.807, 2.05) is 0 Å². The third-order valence-corrected chi connectivity index (χ3v) is 6.01. The van der Waals surface area contributed by atoms with Crippen molar-refractivity contribution in [2.75, 3.05) is 25.9 Å². The highest BCUT2D eigenvalue weighted by molar-refractivity contribution is 7.17. The predicted octanol–water partition coefficient (Wildman–Crippen LogP) is 4.68. The number of methoxy groups -OCH3 is 1. The van der Waals surface area contributed by atoms with E-state index >= 15 is 0 Å². The van der Waals surface area contributed by atoms with Crippen molar-refractivity contribution in [3.63, 3.8) is 0 Å². The summed E-state index contributed by atoms with van der Waals surface area (Å²) in [7, 11) is 1.41. The fraction of sp³-hybridized carbons (Fsp3) is 0.476. The van der Waals surface area contributed by atoms with Crippen molar-refractivity contribution in [1.82, 2.24) is 4.90 Å². The molecule has 2 heterocycles. The number of nitrogens with two attached hydrogens (primary N) is 1. The first-order chi connectivity index (χ1) is 12.3. The van der Waals surface area contributed by atoms with E-state index in [9.17, 15) is 4.79 Å². The highest BCUT2D eigenvalue weighted by Crippen LogP contribution is 2.40. The topological polar surface area (TPSA) is 55.6 Å². The summed E-state index contributed by atoms with van der Waals surface area (Å²) in [5.74, 6) is -0.360. The second-order valence-corrected chi connectivity index (χ2v) is 9.08. The van der Waals surface area contributed by atoms with Crippen molar-refractivity contribution in [3.05, 3.63) is 40.3 Å². The quantitative estimate of drug-likeness (QED) is 0.792. The van der Waals surface area contributed by atoms with E-state index in [1.165, 1.54) is 36.9 Å². The Balaban J connectivity index is 2.05. The van der Waals surface area contributed by atoms with Crippen LogP contribution in [0.5, 0.6) is 0 Å². The van der Waals surface area contributed by atoms with Gasteiger partial charge < -0.3 is 10.5 Å². The molecule has 0 amide bonds. The van der Waals surface area contributed by atoms with Crippen LogP contribution in [0.4, 0.5) is 5.00 Å². The number of nitrogens with zero attached hydrogens (tertiary/aromatic N) is 1. The van der Waals surface area contributed by atoms with Gasteiger partial charge in [-0.1, -0.05) is 45.0 Å². The van der Waals surface area contributed by atoms with Gasteiger partial charge in [-0.25, -0.2) is 4.79 Å². The summed E-state index contributed by atoms with van der Waals surface area (Å²) in [5.41, 5.74) is 10.1. The third-order valence-electron chi connectivity index (χ3n) is 5.00. The maximum Gasteiger partial charge on any atom is 0.341 e. The number of carbonyl (C=O) groups is 1. The van der Waals surface area contributed by atoms with Crippen molar-refractivity contribution in [3.8, 4) is 11.1 Å². The SMILES string of the molecule is COC(=O)c1c(N)sc(CN2CCCC2)c1-c1ccc(C(C)(C)C)cc1. The maximum atomic E-state index is 12.4. The lowest BCUT2D eigenvalue weighted by molar-refractivity contribution is 0.0603. The van der Waals surface area contributed by atoms with E-state index in [-0.39, 0.29) is 11.4 Å². The normalized spacial score (nSPS) is 15.4. The number of anilines is 1. The van der Waals surface area contributed by atoms with Crippen LogP contribution in [-0.2, 0) is 16.7 Å². The zero-order valence-corrected chi connectivity index (χ0v) is 16.9. The number of hydrogen-bond acceptors (Lipinski definition) is 5. The van der Waals surface area contributed by atoms with Gasteiger partial charge in [0.05, 0.1) is 7.11 Å². The molecule has 2 aromatic rings. The molecule has 5 heteroatoms. The van der Waals surface area contributed by atoms with Crippen LogP contribution in [0.2, 0.25) is 0 Å². The lowest BCUT2D eigenvalue weighted by Gasteiger charge is -2.20. The number of nitrogen functional groups attached to an aromatic ring is 1. The van der Waals surface area contributed by atoms with Gasteiger partial charge in [0.2, 0.25) is 0 Å². The number of thiophene rings is 1. The van der Waals surface area contributed by atoms with E-state index in [1.54, 1.807) is 0 Å². The van der Waals surface area contributed by atoms with Crippen LogP contribution in [0.25, 0.3) is 11.1 Å². The Bertz CT molecular complexity index is 782. The van der Waals surface area contributed by atoms with E-state index in [2.05, 4.69) is 49.9 Å². The summed E-state index contributed by atoms with van der Waals surface area (Å²) in [4.78, 5) is 16.0. The molecular formula is C21H28N2O2S. The van der Waals surface area contributed by atoms with E-state index in [0.717, 1.165) is 35.6 Å². The average Bonchev–Trinajstić information content (AvgIpc) is 3.21. The Hall–Kier alpha value is -1.85. The fourth-order valence-corrected chi connectivity index (χ4v) is 4.62. The van der Waals surface area contributed by atoms with Crippen molar-refractivity contribution < 1.29 is 9.53 Å². The molecule has 0 atom stereocenters. The Morgan fingerprint density at radius 2 is 1.81 bits per heavy atom. The summed E-state index contributed by atoms with van der Waals surface area (Å²) in [6.45, 7) is 9.64. The van der Waals surface area contributed by atoms with Crippen LogP contribution < -0.4 is 5.73 Å². The second-order valence-electron chi connectivity index (χ2n) is 7.94. The van der Waals surface area contributed by atoms with Crippen LogP contribution in [0.15, 0.2) is 24.3 Å². The summed E-state index contributed by atoms with van der Waals surface area (Å²) in [6.07, 6.45) is 2.47. The molecule has 4 nitrogen and oxygen atoms in total. The highest BCUT2D eigenvalue weighted by Gasteiger charge is 2.26. The van der Waals surface area contributed by atoms with Gasteiger partial charge in [-0.15, -0.1) is 11.3 Å². The van der Waals surface area contributed by atoms with Gasteiger partial charge in [0.1, 0.15) is 10.6 Å². The van der Waals surface area contributed by atoms with Gasteiger partial charge in [0, 0.05) is 17.0 Å². The minimum Gasteiger partial charge on any atom is -0.465 e. The van der Waals surface area contributed by atoms with Gasteiger partial charge in [-0.05, 0) is 42.5 Å². The molecule has 1 saturated heterocycles. The number of esters is 1. The number of ether oxygens (including phenoxy) is 1. The first-order valence-electron chi connectivity index (χ1n) is 9.14. The molecule has 0 aliphatic carbocycles. The first kappa shape index (κ1) is 18.9. The summed E-state index contributed by atoms with van der Waals surface area (Å²) >= 11 is 1.51. The number of likely N-dealkylation sites (tertiary alicyclic amines) is 1. The standard InChI is InChI=1S/C21H28N2O2S/c1-21(2,3)15-9-7-14(8-10-15)17-16(13-23-11-5-6-12-23)26-19(22)18(17)20(24)25-4/h7-10H,5-6,11-13,22H2,1-4H3. The van der Waals surface area contributed by atoms with Crippen LogP contribution in [-0.4, -0.2) is 31.1 Å². The summed E-state index contributed by atoms with van der Waals surface area (Å²) < 4.78 is 5.01. The number of carbonyl (C=O) groups excluding carboxylic acids is 1. The lowest BCUT2D eigenvalue weighted by atomic mass is 9.86. The average molecular weight is 373 g/mol. The molecule has 0 radical (unpaired) electrons. The Kier molecular flexibility index (Phi) is 5.39. The van der Waals surface area contributed by atoms with E-state index in [0.29, 0.717) is 10.6 Å². The van der Waals surface area contributed by atoms with Gasteiger partial charge in [0.25, 0.3) is 0 Å². The molecule has 0 unspecified atom stereocenters. The third kappa shape index (κ3) is 3.79. The molecule has 1 aliphatic rings. The number of hydrogen-bond donors (Lipinski definition) is 1. The smallest absolute Gasteiger partial charge is 0.341 e. The van der Waals surface area contributed by atoms with Gasteiger partial charge >= 0.3 is 5.97 Å². The van der Waals surface area contributed by atoms with Gasteiger partial charge in [0.15, 0.2) is 0 Å². The minimum atomic E-state index is -0.360. The zero-order chi connectivity index (χ0) is 18.9. The Morgan fingerprint density at radius 1 is 1.19 bits per heavy atom. The monoisotopic (exact) mass is 372 g/mol. The maximum absolute atomic E-state index is 12.4. The molecule has 3 rings (SSSR count). The van der Waals surface area contributed by atoms with Crippen molar-refractivity contribution >= 4 is 22.3 Å². The lowest BCUT2D eigenvalue weighted by Crippen LogP contribution is -2.18. The van der Waals surface area contributed by atoms with Crippen LogP contribution in [0.1, 0.15) is 54.4 Å². The van der Waals surface area contributed by atoms with Gasteiger partial charge in [-0.3, -0.25) is 4.90 Å². The molecule has 0 bridgehead atoms. The highest BCUT2D eigenvalue weighted by atomic mass is 32.1. The molecule has 26 heavy (non-hydrogen) atoms. The zero-order valence-electron chi connectivity index (χ0n) is 16.1. The van der Waals surface area contributed by atoms with Crippen molar-refractivity contribution in [1.29, 1.82) is 0 Å². The van der Waals surface area contributed by atoms with Crippen LogP contribution in [0.3, 0.4) is 0 Å². The van der Waals surface area contributed by atoms with Crippen molar-refractivity contribution in [2.24, 2.45) is 0 Å². The molecule has 1 fully saturated rings. The molecule has 1 aromatic carbocycles. The Morgan fingerprint density at radius 3 is 2.35 bits per heavy atom. The first-order valence-corrected chi connectivity index (χ1v) is 9.95. The molecular weight excluding hydrogens is 344 g/mol. The fourth-order valence-electron chi connectivity index (χ4n) is 3.50. The molecule has 2 N–H and O–H groups in total. The van der Waals surface area contributed by atoms with E-state index in [4.69, 9.17) is 10.5 Å². The number of benzene rings is 1. The molecule has 0 saturated carbocycles. The second kappa shape index (κ2) is 7.41. The largest absolute Gasteiger partial charge is 0.465 e. The van der Waals surface area contributed by atoms with Gasteiger partial charge in [-0.2, -0.15) is 0 Å².